The Balaban J connectivity index is 1.76. The number of aliphatic hydroxyl groups is 1. The average Bonchev–Trinajstić information content (AvgIpc) is 3.07. The highest BCUT2D eigenvalue weighted by molar-refractivity contribution is 5.34. The Morgan fingerprint density at radius 2 is 1.55 bits per heavy atom. The molecule has 2 saturated carbocycles. The van der Waals surface area contributed by atoms with Crippen molar-refractivity contribution >= 4 is 0 Å². The van der Waals surface area contributed by atoms with Crippen molar-refractivity contribution in [2.75, 3.05) is 0 Å². The largest absolute Gasteiger partial charge is 0.393 e. The van der Waals surface area contributed by atoms with Crippen LogP contribution in [0.15, 0.2) is 60.7 Å². The van der Waals surface area contributed by atoms with E-state index in [0.29, 0.717) is 17.8 Å². The second kappa shape index (κ2) is 5.24. The van der Waals surface area contributed by atoms with Gasteiger partial charge in [0, 0.05) is 0 Å². The molecule has 2 fully saturated rings. The maximum absolute atomic E-state index is 10.3. The van der Waals surface area contributed by atoms with Crippen LogP contribution in [0.3, 0.4) is 0 Å². The third kappa shape index (κ3) is 2.11. The van der Waals surface area contributed by atoms with Gasteiger partial charge in [-0.2, -0.15) is 0 Å². The highest BCUT2D eigenvalue weighted by Gasteiger charge is 2.55. The summed E-state index contributed by atoms with van der Waals surface area (Å²) >= 11 is 0. The van der Waals surface area contributed by atoms with Crippen molar-refractivity contribution in [1.29, 1.82) is 0 Å². The lowest BCUT2D eigenvalue weighted by Gasteiger charge is -2.32. The fourth-order valence-corrected chi connectivity index (χ4v) is 5.20. The molecule has 0 bridgehead atoms. The lowest BCUT2D eigenvalue weighted by Crippen LogP contribution is -2.28. The lowest BCUT2D eigenvalue weighted by atomic mass is 9.72. The van der Waals surface area contributed by atoms with Crippen molar-refractivity contribution in [2.24, 2.45) is 11.8 Å². The van der Waals surface area contributed by atoms with Crippen LogP contribution in [0.5, 0.6) is 0 Å². The highest BCUT2D eigenvalue weighted by Crippen LogP contribution is 2.61. The fraction of sp³-hybridized carbons (Fsp3) is 0.429. The zero-order valence-electron chi connectivity index (χ0n) is 13.2. The van der Waals surface area contributed by atoms with E-state index in [-0.39, 0.29) is 11.5 Å². The van der Waals surface area contributed by atoms with Crippen LogP contribution in [0.1, 0.15) is 43.2 Å². The number of hydrogen-bond donors (Lipinski definition) is 1. The van der Waals surface area contributed by atoms with Gasteiger partial charge in [0.05, 0.1) is 6.10 Å². The second-order valence-electron chi connectivity index (χ2n) is 7.40. The van der Waals surface area contributed by atoms with E-state index < -0.39 is 0 Å². The van der Waals surface area contributed by atoms with E-state index in [0.717, 1.165) is 12.8 Å². The molecule has 22 heavy (non-hydrogen) atoms. The SMILES string of the molecule is CC1(c2ccccc2)CC(c2ccccc2)C2CC(O)CC21. The number of benzene rings is 2. The number of aliphatic hydroxyl groups excluding tert-OH is 1. The molecule has 0 heterocycles. The molecule has 1 heteroatoms. The molecule has 0 aromatic heterocycles. The summed E-state index contributed by atoms with van der Waals surface area (Å²) in [5.41, 5.74) is 3.08. The second-order valence-corrected chi connectivity index (χ2v) is 7.40. The molecule has 0 aliphatic heterocycles. The molecule has 1 nitrogen and oxygen atoms in total. The maximum Gasteiger partial charge on any atom is 0.0546 e. The van der Waals surface area contributed by atoms with Crippen molar-refractivity contribution in [3.05, 3.63) is 71.8 Å². The van der Waals surface area contributed by atoms with E-state index in [2.05, 4.69) is 67.6 Å². The smallest absolute Gasteiger partial charge is 0.0546 e. The van der Waals surface area contributed by atoms with Crippen molar-refractivity contribution < 1.29 is 5.11 Å². The molecule has 4 rings (SSSR count). The molecule has 0 saturated heterocycles. The van der Waals surface area contributed by atoms with Gasteiger partial charge in [-0.15, -0.1) is 0 Å². The van der Waals surface area contributed by atoms with Crippen molar-refractivity contribution in [2.45, 2.75) is 43.6 Å². The summed E-state index contributed by atoms with van der Waals surface area (Å²) in [6, 6.07) is 21.9. The van der Waals surface area contributed by atoms with E-state index in [9.17, 15) is 5.11 Å². The van der Waals surface area contributed by atoms with Gasteiger partial charge in [0.2, 0.25) is 0 Å². The van der Waals surface area contributed by atoms with Crippen LogP contribution in [0.25, 0.3) is 0 Å². The predicted molar refractivity (Wildman–Crippen MR) is 89.8 cm³/mol. The first-order chi connectivity index (χ1) is 10.7. The molecule has 5 unspecified atom stereocenters. The summed E-state index contributed by atoms with van der Waals surface area (Å²) < 4.78 is 0. The Kier molecular flexibility index (Phi) is 3.34. The van der Waals surface area contributed by atoms with Gasteiger partial charge < -0.3 is 5.11 Å². The predicted octanol–water partition coefficient (Wildman–Crippen LogP) is 4.52. The molecule has 2 aliphatic carbocycles. The van der Waals surface area contributed by atoms with Gasteiger partial charge in [0.25, 0.3) is 0 Å². The summed E-state index contributed by atoms with van der Waals surface area (Å²) in [5.74, 6) is 1.78. The zero-order valence-corrected chi connectivity index (χ0v) is 13.2. The van der Waals surface area contributed by atoms with Crippen LogP contribution in [-0.4, -0.2) is 11.2 Å². The normalized spacial score (nSPS) is 37.2. The first-order valence-corrected chi connectivity index (χ1v) is 8.47. The molecular formula is C21H24O. The Bertz CT molecular complexity index is 635. The standard InChI is InChI=1S/C21H24O/c1-21(16-10-6-3-7-11-16)14-19(15-8-4-2-5-9-15)18-12-17(22)13-20(18)21/h2-11,17-20,22H,12-14H2,1H3. The van der Waals surface area contributed by atoms with Crippen molar-refractivity contribution in [1.82, 2.24) is 0 Å². The minimum atomic E-state index is -0.121. The molecule has 2 aromatic rings. The molecule has 114 valence electrons. The topological polar surface area (TPSA) is 20.2 Å². The van der Waals surface area contributed by atoms with Gasteiger partial charge in [0.1, 0.15) is 0 Å². The summed E-state index contributed by atoms with van der Waals surface area (Å²) in [5, 5.41) is 10.3. The van der Waals surface area contributed by atoms with E-state index in [1.165, 1.54) is 17.5 Å². The molecule has 0 radical (unpaired) electrons. The molecule has 2 aromatic carbocycles. The van der Waals surface area contributed by atoms with Crippen molar-refractivity contribution in [3.8, 4) is 0 Å². The van der Waals surface area contributed by atoms with Crippen LogP contribution < -0.4 is 0 Å². The van der Waals surface area contributed by atoms with Gasteiger partial charge in [-0.1, -0.05) is 67.6 Å². The summed E-state index contributed by atoms with van der Waals surface area (Å²) in [4.78, 5) is 0. The van der Waals surface area contributed by atoms with Gasteiger partial charge in [-0.25, -0.2) is 0 Å². The molecule has 5 atom stereocenters. The Labute approximate surface area is 133 Å². The zero-order chi connectivity index (χ0) is 15.2. The first-order valence-electron chi connectivity index (χ1n) is 8.47. The summed E-state index contributed by atoms with van der Waals surface area (Å²) in [7, 11) is 0. The lowest BCUT2D eigenvalue weighted by molar-refractivity contribution is 0.162. The Morgan fingerprint density at radius 3 is 2.23 bits per heavy atom. The van der Waals surface area contributed by atoms with Crippen LogP contribution in [0.4, 0.5) is 0 Å². The third-order valence-electron chi connectivity index (χ3n) is 6.23. The molecular weight excluding hydrogens is 268 g/mol. The average molecular weight is 292 g/mol. The Hall–Kier alpha value is -1.60. The highest BCUT2D eigenvalue weighted by atomic mass is 16.3. The maximum atomic E-state index is 10.3. The Morgan fingerprint density at radius 1 is 0.909 bits per heavy atom. The van der Waals surface area contributed by atoms with Crippen LogP contribution in [0, 0.1) is 11.8 Å². The minimum Gasteiger partial charge on any atom is -0.393 e. The molecule has 0 amide bonds. The number of rotatable bonds is 2. The van der Waals surface area contributed by atoms with E-state index in [4.69, 9.17) is 0 Å². The third-order valence-corrected chi connectivity index (χ3v) is 6.23. The summed E-state index contributed by atoms with van der Waals surface area (Å²) in [6.45, 7) is 2.42. The first kappa shape index (κ1) is 14.0. The van der Waals surface area contributed by atoms with Crippen LogP contribution >= 0.6 is 0 Å². The van der Waals surface area contributed by atoms with E-state index >= 15 is 0 Å². The minimum absolute atomic E-state index is 0.121. The van der Waals surface area contributed by atoms with Gasteiger partial charge in [-0.3, -0.25) is 0 Å². The van der Waals surface area contributed by atoms with Crippen LogP contribution in [-0.2, 0) is 5.41 Å². The van der Waals surface area contributed by atoms with E-state index in [1.807, 2.05) is 0 Å². The monoisotopic (exact) mass is 292 g/mol. The van der Waals surface area contributed by atoms with Gasteiger partial charge in [0.15, 0.2) is 0 Å². The number of hydrogen-bond acceptors (Lipinski definition) is 1. The number of fused-ring (bicyclic) bond motifs is 1. The van der Waals surface area contributed by atoms with Crippen molar-refractivity contribution in [3.63, 3.8) is 0 Å². The molecule has 0 spiro atoms. The fourth-order valence-electron chi connectivity index (χ4n) is 5.20. The molecule has 2 aliphatic rings. The van der Waals surface area contributed by atoms with Gasteiger partial charge in [-0.05, 0) is 53.6 Å². The molecule has 1 N–H and O–H groups in total. The van der Waals surface area contributed by atoms with Crippen LogP contribution in [0.2, 0.25) is 0 Å². The van der Waals surface area contributed by atoms with E-state index in [1.54, 1.807) is 0 Å². The quantitative estimate of drug-likeness (QED) is 0.863. The summed E-state index contributed by atoms with van der Waals surface area (Å²) in [6.07, 6.45) is 3.00. The van der Waals surface area contributed by atoms with Gasteiger partial charge >= 0.3 is 0 Å².